The second kappa shape index (κ2) is 10.8. The quantitative estimate of drug-likeness (QED) is 0.311. The Morgan fingerprint density at radius 1 is 1.00 bits per heavy atom. The van der Waals surface area contributed by atoms with Gasteiger partial charge in [0.1, 0.15) is 0 Å². The molecule has 0 aromatic carbocycles. The maximum atomic E-state index is 11.8. The van der Waals surface area contributed by atoms with Gasteiger partial charge in [0.05, 0.1) is 45.1 Å². The SMILES string of the molecule is COC(=O)CC1COC(CC(CO[Si](C)(C)C(C)(C)C)O[Si](C)(C)C(C)(C)C)[C@@H]1OC. The Labute approximate surface area is 193 Å². The van der Waals surface area contributed by atoms with Gasteiger partial charge < -0.3 is 23.1 Å². The maximum absolute atomic E-state index is 11.8. The average Bonchev–Trinajstić information content (AvgIpc) is 2.98. The predicted molar refractivity (Wildman–Crippen MR) is 130 cm³/mol. The standard InChI is InChI=1S/C23H48O6Si2/c1-22(2,3)30(9,10)28-16-18(29-31(11,12)23(4,5)6)14-19-21(26-8)17(15-27-19)13-20(24)25-7/h17-19,21H,13-16H2,1-12H3/t17?,18?,19?,21-/m1/s1. The Morgan fingerprint density at radius 3 is 2.00 bits per heavy atom. The highest BCUT2D eigenvalue weighted by Gasteiger charge is 2.44. The molecule has 0 N–H and O–H groups in total. The Balaban J connectivity index is 2.99. The van der Waals surface area contributed by atoms with Crippen LogP contribution in [0.4, 0.5) is 0 Å². The van der Waals surface area contributed by atoms with Crippen LogP contribution in [0, 0.1) is 5.92 Å². The topological polar surface area (TPSA) is 63.2 Å². The van der Waals surface area contributed by atoms with Crippen molar-refractivity contribution in [3.05, 3.63) is 0 Å². The molecular formula is C23H48O6Si2. The molecule has 0 spiro atoms. The Hall–Kier alpha value is -0.256. The first-order valence-corrected chi connectivity index (χ1v) is 17.3. The highest BCUT2D eigenvalue weighted by Crippen LogP contribution is 2.40. The number of rotatable bonds is 10. The molecule has 0 radical (unpaired) electrons. The van der Waals surface area contributed by atoms with Crippen molar-refractivity contribution in [1.29, 1.82) is 0 Å². The molecule has 4 atom stereocenters. The van der Waals surface area contributed by atoms with Crippen LogP contribution in [0.25, 0.3) is 0 Å². The summed E-state index contributed by atoms with van der Waals surface area (Å²) in [5.74, 6) is -0.232. The summed E-state index contributed by atoms with van der Waals surface area (Å²) in [6.45, 7) is 23.6. The fraction of sp³-hybridized carbons (Fsp3) is 0.957. The predicted octanol–water partition coefficient (Wildman–Crippen LogP) is 5.38. The van der Waals surface area contributed by atoms with Gasteiger partial charge in [0, 0.05) is 19.4 Å². The summed E-state index contributed by atoms with van der Waals surface area (Å²) in [6.07, 6.45) is 0.640. The second-order valence-electron chi connectivity index (χ2n) is 11.9. The fourth-order valence-electron chi connectivity index (χ4n) is 3.28. The van der Waals surface area contributed by atoms with Crippen molar-refractivity contribution in [3.8, 4) is 0 Å². The number of methoxy groups -OCH3 is 2. The van der Waals surface area contributed by atoms with Crippen LogP contribution in [0.3, 0.4) is 0 Å². The summed E-state index contributed by atoms with van der Waals surface area (Å²) in [7, 11) is -0.804. The number of carbonyl (C=O) groups is 1. The van der Waals surface area contributed by atoms with Gasteiger partial charge >= 0.3 is 5.97 Å². The fourth-order valence-corrected chi connectivity index (χ4v) is 5.67. The molecule has 0 aromatic rings. The average molecular weight is 477 g/mol. The molecule has 1 heterocycles. The van der Waals surface area contributed by atoms with E-state index in [4.69, 9.17) is 23.1 Å². The van der Waals surface area contributed by atoms with Crippen LogP contribution in [0.2, 0.25) is 36.3 Å². The third-order valence-electron chi connectivity index (χ3n) is 7.48. The van der Waals surface area contributed by atoms with Gasteiger partial charge in [-0.05, 0) is 36.3 Å². The van der Waals surface area contributed by atoms with Gasteiger partial charge in [-0.15, -0.1) is 0 Å². The van der Waals surface area contributed by atoms with Crippen molar-refractivity contribution >= 4 is 22.6 Å². The molecule has 1 aliphatic rings. The lowest BCUT2D eigenvalue weighted by atomic mass is 9.95. The molecule has 6 nitrogen and oxygen atoms in total. The van der Waals surface area contributed by atoms with E-state index >= 15 is 0 Å². The van der Waals surface area contributed by atoms with E-state index in [0.717, 1.165) is 0 Å². The molecule has 1 fully saturated rings. The van der Waals surface area contributed by atoms with Crippen LogP contribution in [-0.2, 0) is 27.9 Å². The van der Waals surface area contributed by atoms with E-state index in [-0.39, 0.29) is 40.3 Å². The van der Waals surface area contributed by atoms with Crippen LogP contribution < -0.4 is 0 Å². The molecule has 8 heteroatoms. The van der Waals surface area contributed by atoms with Gasteiger partial charge in [0.15, 0.2) is 16.6 Å². The van der Waals surface area contributed by atoms with Gasteiger partial charge in [0.2, 0.25) is 0 Å². The van der Waals surface area contributed by atoms with Gasteiger partial charge in [-0.1, -0.05) is 41.5 Å². The number of hydrogen-bond acceptors (Lipinski definition) is 6. The molecule has 0 amide bonds. The first kappa shape index (κ1) is 28.8. The lowest BCUT2D eigenvalue weighted by Gasteiger charge is -2.42. The molecular weight excluding hydrogens is 428 g/mol. The minimum Gasteiger partial charge on any atom is -0.469 e. The van der Waals surface area contributed by atoms with Crippen molar-refractivity contribution in [1.82, 2.24) is 0 Å². The van der Waals surface area contributed by atoms with Crippen molar-refractivity contribution in [2.45, 2.75) is 109 Å². The van der Waals surface area contributed by atoms with Gasteiger partial charge in [-0.3, -0.25) is 4.79 Å². The second-order valence-corrected chi connectivity index (χ2v) is 21.5. The molecule has 1 rings (SSSR count). The van der Waals surface area contributed by atoms with Gasteiger partial charge in [-0.2, -0.15) is 0 Å². The van der Waals surface area contributed by atoms with E-state index < -0.39 is 16.6 Å². The van der Waals surface area contributed by atoms with Crippen molar-refractivity contribution in [2.75, 3.05) is 27.4 Å². The maximum Gasteiger partial charge on any atom is 0.305 e. The van der Waals surface area contributed by atoms with Crippen LogP contribution in [0.15, 0.2) is 0 Å². The first-order valence-electron chi connectivity index (χ1n) is 11.5. The molecule has 3 unspecified atom stereocenters. The van der Waals surface area contributed by atoms with Crippen LogP contribution >= 0.6 is 0 Å². The summed E-state index contributed by atoms with van der Waals surface area (Å²) in [4.78, 5) is 11.8. The van der Waals surface area contributed by atoms with E-state index in [9.17, 15) is 4.79 Å². The molecule has 1 aliphatic heterocycles. The Kier molecular flexibility index (Phi) is 10.0. The Morgan fingerprint density at radius 2 is 1.55 bits per heavy atom. The minimum absolute atomic E-state index is 0.00252. The summed E-state index contributed by atoms with van der Waals surface area (Å²) in [5.41, 5.74) is 0. The van der Waals surface area contributed by atoms with E-state index in [0.29, 0.717) is 26.1 Å². The van der Waals surface area contributed by atoms with E-state index in [1.165, 1.54) is 7.11 Å². The smallest absolute Gasteiger partial charge is 0.305 e. The summed E-state index contributed by atoms with van der Waals surface area (Å²) in [6, 6.07) is 0. The largest absolute Gasteiger partial charge is 0.469 e. The lowest BCUT2D eigenvalue weighted by molar-refractivity contribution is -0.142. The molecule has 0 aromatic heterocycles. The lowest BCUT2D eigenvalue weighted by Crippen LogP contribution is -2.49. The van der Waals surface area contributed by atoms with Crippen molar-refractivity contribution in [2.24, 2.45) is 5.92 Å². The monoisotopic (exact) mass is 476 g/mol. The van der Waals surface area contributed by atoms with E-state index in [1.807, 2.05) is 0 Å². The van der Waals surface area contributed by atoms with E-state index in [1.54, 1.807) is 7.11 Å². The molecule has 1 saturated heterocycles. The number of ether oxygens (including phenoxy) is 3. The van der Waals surface area contributed by atoms with Gasteiger partial charge in [0.25, 0.3) is 0 Å². The summed E-state index contributed by atoms with van der Waals surface area (Å²) in [5, 5.41) is 0.242. The summed E-state index contributed by atoms with van der Waals surface area (Å²) < 4.78 is 30.1. The third-order valence-corrected chi connectivity index (χ3v) is 16.5. The molecule has 0 bridgehead atoms. The van der Waals surface area contributed by atoms with Crippen LogP contribution in [0.5, 0.6) is 0 Å². The number of esters is 1. The zero-order valence-electron chi connectivity index (χ0n) is 22.1. The highest BCUT2D eigenvalue weighted by atomic mass is 28.4. The molecule has 0 aliphatic carbocycles. The van der Waals surface area contributed by atoms with Crippen molar-refractivity contribution < 1.29 is 27.9 Å². The zero-order chi connectivity index (χ0) is 24.3. The van der Waals surface area contributed by atoms with E-state index in [2.05, 4.69) is 67.7 Å². The number of hydrogen-bond donors (Lipinski definition) is 0. The third kappa shape index (κ3) is 7.93. The number of carbonyl (C=O) groups excluding carboxylic acids is 1. The zero-order valence-corrected chi connectivity index (χ0v) is 24.1. The molecule has 184 valence electrons. The van der Waals surface area contributed by atoms with Crippen LogP contribution in [0.1, 0.15) is 54.4 Å². The van der Waals surface area contributed by atoms with Gasteiger partial charge in [-0.25, -0.2) is 0 Å². The Bertz CT molecular complexity index is 580. The normalized spacial score (nSPS) is 24.3. The molecule has 0 saturated carbocycles. The highest BCUT2D eigenvalue weighted by molar-refractivity contribution is 6.74. The first-order chi connectivity index (χ1) is 13.9. The molecule has 31 heavy (non-hydrogen) atoms. The van der Waals surface area contributed by atoms with Crippen LogP contribution in [-0.4, -0.2) is 68.3 Å². The minimum atomic E-state index is -2.00. The summed E-state index contributed by atoms with van der Waals surface area (Å²) >= 11 is 0. The van der Waals surface area contributed by atoms with Crippen molar-refractivity contribution in [3.63, 3.8) is 0 Å².